The average Bonchev–Trinajstić information content (AvgIpc) is 3.55. The van der Waals surface area contributed by atoms with Gasteiger partial charge in [-0.15, -0.1) is 0 Å². The summed E-state index contributed by atoms with van der Waals surface area (Å²) in [6, 6.07) is 70.1. The predicted octanol–water partition coefficient (Wildman–Crippen LogP) is 15.7. The van der Waals surface area contributed by atoms with Crippen LogP contribution in [0.2, 0.25) is 0 Å². The minimum absolute atomic E-state index is 0.0241. The monoisotopic (exact) mass is 813 g/mol. The Hall–Kier alpha value is -6.42. The zero-order valence-electron chi connectivity index (χ0n) is 33.0. The normalized spacial score (nSPS) is 14.3. The highest BCUT2D eigenvalue weighted by Crippen LogP contribution is 2.57. The quantitative estimate of drug-likeness (QED) is 0.144. The van der Waals surface area contributed by atoms with Gasteiger partial charge in [0.15, 0.2) is 0 Å². The van der Waals surface area contributed by atoms with Crippen LogP contribution in [0.5, 0.6) is 11.5 Å². The standard InChI is InChI=1S/C55H44BrNO/c1-5-38-15-32-48(33-16-38)58-49-34-25-43(26-35-49)55(42-23-21-41(22-24-42)54(2,3)4)52-14-10-9-13-50(52)51-36-31-47(37-53(51)55)57(45-11-7-6-8-12-45)46-29-19-40(20-30-46)39-17-27-44(56)28-18-39/h5-37H,1H2,2-4H3. The number of nitrogens with zero attached hydrogens (tertiary/aromatic N) is 1. The number of hydrogen-bond donors (Lipinski definition) is 0. The molecular weight excluding hydrogens is 771 g/mol. The summed E-state index contributed by atoms with van der Waals surface area (Å²) in [5, 5.41) is 0. The van der Waals surface area contributed by atoms with Crippen LogP contribution in [0.4, 0.5) is 17.1 Å². The van der Waals surface area contributed by atoms with Crippen molar-refractivity contribution in [3.63, 3.8) is 0 Å². The molecule has 0 N–H and O–H groups in total. The van der Waals surface area contributed by atoms with Gasteiger partial charge in [0.25, 0.3) is 0 Å². The van der Waals surface area contributed by atoms with Gasteiger partial charge in [0.05, 0.1) is 5.41 Å². The highest BCUT2D eigenvalue weighted by atomic mass is 79.9. The van der Waals surface area contributed by atoms with Crippen molar-refractivity contribution in [2.45, 2.75) is 31.6 Å². The van der Waals surface area contributed by atoms with Crippen molar-refractivity contribution in [3.8, 4) is 33.8 Å². The molecule has 1 aliphatic rings. The number of para-hydroxylation sites is 1. The van der Waals surface area contributed by atoms with Crippen molar-refractivity contribution in [1.82, 2.24) is 0 Å². The summed E-state index contributed by atoms with van der Waals surface area (Å²) in [7, 11) is 0. The number of halogens is 1. The zero-order chi connectivity index (χ0) is 39.9. The maximum Gasteiger partial charge on any atom is 0.127 e. The fourth-order valence-corrected chi connectivity index (χ4v) is 8.73. The number of benzene rings is 8. The maximum atomic E-state index is 6.37. The Balaban J connectivity index is 1.22. The molecule has 0 amide bonds. The molecule has 282 valence electrons. The first-order valence-electron chi connectivity index (χ1n) is 19.8. The third kappa shape index (κ3) is 6.76. The molecule has 0 saturated carbocycles. The van der Waals surface area contributed by atoms with Crippen LogP contribution < -0.4 is 9.64 Å². The molecule has 0 radical (unpaired) electrons. The lowest BCUT2D eigenvalue weighted by molar-refractivity contribution is 0.482. The summed E-state index contributed by atoms with van der Waals surface area (Å²) in [5.41, 5.74) is 14.8. The van der Waals surface area contributed by atoms with Crippen LogP contribution in [0.3, 0.4) is 0 Å². The SMILES string of the molecule is C=Cc1ccc(Oc2ccc(C3(c4ccc(C(C)(C)C)cc4)c4ccccc4-c4ccc(N(c5ccccc5)c5ccc(-c6ccc(Br)cc6)cc5)cc43)cc2)cc1. The molecule has 1 unspecified atom stereocenters. The minimum atomic E-state index is -0.601. The Labute approximate surface area is 350 Å². The van der Waals surface area contributed by atoms with Gasteiger partial charge in [0.2, 0.25) is 0 Å². The van der Waals surface area contributed by atoms with Crippen LogP contribution in [0.1, 0.15) is 54.2 Å². The van der Waals surface area contributed by atoms with Gasteiger partial charge in [-0.2, -0.15) is 0 Å². The number of rotatable bonds is 9. The fourth-order valence-electron chi connectivity index (χ4n) is 8.47. The van der Waals surface area contributed by atoms with E-state index in [1.807, 2.05) is 30.3 Å². The molecule has 1 aliphatic carbocycles. The lowest BCUT2D eigenvalue weighted by Crippen LogP contribution is -2.29. The molecule has 8 aromatic rings. The summed E-state index contributed by atoms with van der Waals surface area (Å²) >= 11 is 3.58. The van der Waals surface area contributed by atoms with Crippen molar-refractivity contribution in [3.05, 3.63) is 239 Å². The first-order valence-corrected chi connectivity index (χ1v) is 20.6. The largest absolute Gasteiger partial charge is 0.457 e. The Bertz CT molecular complexity index is 2710. The summed E-state index contributed by atoms with van der Waals surface area (Å²) in [5.74, 6) is 1.58. The maximum absolute atomic E-state index is 6.37. The molecule has 0 heterocycles. The molecule has 0 saturated heterocycles. The highest BCUT2D eigenvalue weighted by molar-refractivity contribution is 9.10. The van der Waals surface area contributed by atoms with Crippen LogP contribution in [0.15, 0.2) is 205 Å². The number of fused-ring (bicyclic) bond motifs is 3. The molecule has 0 aromatic heterocycles. The minimum Gasteiger partial charge on any atom is -0.457 e. The van der Waals surface area contributed by atoms with E-state index in [-0.39, 0.29) is 5.41 Å². The van der Waals surface area contributed by atoms with Crippen molar-refractivity contribution in [1.29, 1.82) is 0 Å². The van der Waals surface area contributed by atoms with Crippen molar-refractivity contribution < 1.29 is 4.74 Å². The molecule has 58 heavy (non-hydrogen) atoms. The predicted molar refractivity (Wildman–Crippen MR) is 247 cm³/mol. The Morgan fingerprint density at radius 1 is 0.517 bits per heavy atom. The van der Waals surface area contributed by atoms with Gasteiger partial charge >= 0.3 is 0 Å². The Morgan fingerprint density at radius 2 is 1.03 bits per heavy atom. The van der Waals surface area contributed by atoms with Gasteiger partial charge in [-0.1, -0.05) is 171 Å². The second-order valence-electron chi connectivity index (χ2n) is 16.0. The van der Waals surface area contributed by atoms with E-state index in [2.05, 4.69) is 218 Å². The van der Waals surface area contributed by atoms with E-state index < -0.39 is 5.41 Å². The smallest absolute Gasteiger partial charge is 0.127 e. The second kappa shape index (κ2) is 15.2. The van der Waals surface area contributed by atoms with E-state index in [9.17, 15) is 0 Å². The fraction of sp³-hybridized carbons (Fsp3) is 0.0909. The van der Waals surface area contributed by atoms with Crippen LogP contribution >= 0.6 is 15.9 Å². The van der Waals surface area contributed by atoms with Crippen molar-refractivity contribution in [2.24, 2.45) is 0 Å². The molecule has 2 nitrogen and oxygen atoms in total. The molecule has 0 bridgehead atoms. The van der Waals surface area contributed by atoms with E-state index in [1.54, 1.807) is 0 Å². The first-order chi connectivity index (χ1) is 28.2. The molecule has 1 atom stereocenters. The lowest BCUT2D eigenvalue weighted by Gasteiger charge is -2.35. The van der Waals surface area contributed by atoms with Crippen LogP contribution in [-0.4, -0.2) is 0 Å². The molecule has 0 fully saturated rings. The number of hydrogen-bond acceptors (Lipinski definition) is 2. The highest BCUT2D eigenvalue weighted by Gasteiger charge is 2.46. The summed E-state index contributed by atoms with van der Waals surface area (Å²) in [6.45, 7) is 10.7. The van der Waals surface area contributed by atoms with Crippen LogP contribution in [0.25, 0.3) is 28.3 Å². The van der Waals surface area contributed by atoms with Crippen LogP contribution in [-0.2, 0) is 10.8 Å². The van der Waals surface area contributed by atoms with E-state index in [4.69, 9.17) is 4.74 Å². The lowest BCUT2D eigenvalue weighted by atomic mass is 9.67. The van der Waals surface area contributed by atoms with E-state index in [1.165, 1.54) is 50.1 Å². The van der Waals surface area contributed by atoms with Crippen molar-refractivity contribution in [2.75, 3.05) is 4.90 Å². The van der Waals surface area contributed by atoms with Gasteiger partial charge < -0.3 is 9.64 Å². The van der Waals surface area contributed by atoms with E-state index >= 15 is 0 Å². The average molecular weight is 815 g/mol. The third-order valence-corrected chi connectivity index (χ3v) is 12.0. The summed E-state index contributed by atoms with van der Waals surface area (Å²) in [4.78, 5) is 2.37. The van der Waals surface area contributed by atoms with Crippen molar-refractivity contribution >= 4 is 39.1 Å². The van der Waals surface area contributed by atoms with Gasteiger partial charge in [0.1, 0.15) is 11.5 Å². The molecule has 9 rings (SSSR count). The summed E-state index contributed by atoms with van der Waals surface area (Å²) in [6.07, 6.45) is 1.84. The summed E-state index contributed by atoms with van der Waals surface area (Å²) < 4.78 is 7.44. The number of ether oxygens (including phenoxy) is 1. The van der Waals surface area contributed by atoms with Gasteiger partial charge in [-0.3, -0.25) is 0 Å². The second-order valence-corrected chi connectivity index (χ2v) is 16.9. The molecule has 3 heteroatoms. The molecule has 8 aromatic carbocycles. The van der Waals surface area contributed by atoms with Gasteiger partial charge in [-0.05, 0) is 134 Å². The van der Waals surface area contributed by atoms with Gasteiger partial charge in [-0.25, -0.2) is 0 Å². The molecule has 0 aliphatic heterocycles. The Morgan fingerprint density at radius 3 is 1.66 bits per heavy atom. The third-order valence-electron chi connectivity index (χ3n) is 11.4. The molecular formula is C55H44BrNO. The zero-order valence-corrected chi connectivity index (χ0v) is 34.6. The molecule has 0 spiro atoms. The van der Waals surface area contributed by atoms with Gasteiger partial charge in [0, 0.05) is 21.5 Å². The topological polar surface area (TPSA) is 12.5 Å². The van der Waals surface area contributed by atoms with E-state index in [0.29, 0.717) is 0 Å². The Kier molecular flexibility index (Phi) is 9.71. The number of anilines is 3. The first kappa shape index (κ1) is 37.2. The van der Waals surface area contributed by atoms with Crippen LogP contribution in [0, 0.1) is 0 Å². The van der Waals surface area contributed by atoms with E-state index in [0.717, 1.165) is 38.6 Å².